The maximum Gasteiger partial charge on any atom is 0.124 e. The lowest BCUT2D eigenvalue weighted by Crippen LogP contribution is -2.19. The highest BCUT2D eigenvalue weighted by Crippen LogP contribution is 2.25. The molecule has 1 N–H and O–H groups in total. The first-order valence-electron chi connectivity index (χ1n) is 6.38. The minimum Gasteiger partial charge on any atom is -0.313 e. The number of hydrogen-bond donors (Lipinski definition) is 1. The molecule has 2 aromatic carbocycles. The van der Waals surface area contributed by atoms with Crippen molar-refractivity contribution in [3.05, 3.63) is 67.9 Å². The Labute approximate surface area is 135 Å². The third kappa shape index (κ3) is 3.90. The number of benzene rings is 2. The van der Waals surface area contributed by atoms with Crippen molar-refractivity contribution in [1.82, 2.24) is 5.32 Å². The molecule has 0 amide bonds. The van der Waals surface area contributed by atoms with Gasteiger partial charge in [-0.25, -0.2) is 4.39 Å². The first-order valence-corrected chi connectivity index (χ1v) is 7.96. The number of rotatable bonds is 4. The lowest BCUT2D eigenvalue weighted by molar-refractivity contribution is 0.583. The summed E-state index contributed by atoms with van der Waals surface area (Å²) in [7, 11) is 1.93. The van der Waals surface area contributed by atoms with Gasteiger partial charge in [-0.2, -0.15) is 0 Å². The van der Waals surface area contributed by atoms with Crippen molar-refractivity contribution >= 4 is 31.9 Å². The van der Waals surface area contributed by atoms with Crippen LogP contribution in [0.15, 0.2) is 45.3 Å². The van der Waals surface area contributed by atoms with Gasteiger partial charge in [0.25, 0.3) is 0 Å². The largest absolute Gasteiger partial charge is 0.313 e. The monoisotopic (exact) mass is 399 g/mol. The van der Waals surface area contributed by atoms with Crippen molar-refractivity contribution in [3.8, 4) is 0 Å². The van der Waals surface area contributed by atoms with Crippen LogP contribution in [0.1, 0.15) is 22.7 Å². The van der Waals surface area contributed by atoms with Gasteiger partial charge in [0.2, 0.25) is 0 Å². The Balaban J connectivity index is 2.26. The van der Waals surface area contributed by atoms with Crippen LogP contribution in [0.2, 0.25) is 0 Å². The minimum atomic E-state index is -0.212. The van der Waals surface area contributed by atoms with E-state index in [1.54, 1.807) is 6.07 Å². The number of halogens is 3. The SMILES string of the molecule is CNC(Cc1cc(F)cc(Br)c1)c1ccc(Br)c(C)c1. The summed E-state index contributed by atoms with van der Waals surface area (Å²) in [5, 5.41) is 3.30. The molecule has 1 atom stereocenters. The second-order valence-electron chi connectivity index (χ2n) is 4.83. The van der Waals surface area contributed by atoms with Crippen molar-refractivity contribution in [3.63, 3.8) is 0 Å². The van der Waals surface area contributed by atoms with Crippen LogP contribution in [-0.4, -0.2) is 7.05 Å². The van der Waals surface area contributed by atoms with Crippen molar-refractivity contribution in [2.75, 3.05) is 7.05 Å². The molecule has 0 saturated carbocycles. The van der Waals surface area contributed by atoms with Gasteiger partial charge in [-0.15, -0.1) is 0 Å². The van der Waals surface area contributed by atoms with E-state index in [1.165, 1.54) is 17.2 Å². The van der Waals surface area contributed by atoms with Crippen LogP contribution in [-0.2, 0) is 6.42 Å². The van der Waals surface area contributed by atoms with E-state index in [-0.39, 0.29) is 11.9 Å². The smallest absolute Gasteiger partial charge is 0.124 e. The maximum absolute atomic E-state index is 13.4. The van der Waals surface area contributed by atoms with E-state index in [0.717, 1.165) is 20.9 Å². The molecular formula is C16H16Br2FN. The lowest BCUT2D eigenvalue weighted by Gasteiger charge is -2.18. The van der Waals surface area contributed by atoms with Gasteiger partial charge in [0.15, 0.2) is 0 Å². The summed E-state index contributed by atoms with van der Waals surface area (Å²) >= 11 is 6.85. The van der Waals surface area contributed by atoms with E-state index in [9.17, 15) is 4.39 Å². The number of nitrogens with one attached hydrogen (secondary N) is 1. The van der Waals surface area contributed by atoms with Crippen LogP contribution in [0.25, 0.3) is 0 Å². The summed E-state index contributed by atoms with van der Waals surface area (Å²) in [5.74, 6) is -0.212. The summed E-state index contributed by atoms with van der Waals surface area (Å²) in [6.45, 7) is 2.07. The van der Waals surface area contributed by atoms with Gasteiger partial charge >= 0.3 is 0 Å². The lowest BCUT2D eigenvalue weighted by atomic mass is 9.98. The van der Waals surface area contributed by atoms with Gasteiger partial charge in [0.05, 0.1) is 0 Å². The van der Waals surface area contributed by atoms with Crippen LogP contribution >= 0.6 is 31.9 Å². The zero-order chi connectivity index (χ0) is 14.7. The molecule has 1 nitrogen and oxygen atoms in total. The van der Waals surface area contributed by atoms with Crippen molar-refractivity contribution < 1.29 is 4.39 Å². The fourth-order valence-corrected chi connectivity index (χ4v) is 3.00. The Morgan fingerprint density at radius 3 is 2.50 bits per heavy atom. The standard InChI is InChI=1S/C16H16Br2FN/c1-10-5-12(3-4-15(10)18)16(20-2)8-11-6-13(17)9-14(19)7-11/h3-7,9,16,20H,8H2,1-2H3. The summed E-state index contributed by atoms with van der Waals surface area (Å²) < 4.78 is 15.3. The highest BCUT2D eigenvalue weighted by molar-refractivity contribution is 9.10. The van der Waals surface area contributed by atoms with Gasteiger partial charge in [-0.1, -0.05) is 44.0 Å². The molecule has 0 spiro atoms. The molecule has 1 unspecified atom stereocenters. The molecule has 0 heterocycles. The van der Waals surface area contributed by atoms with Gasteiger partial charge in [-0.05, 0) is 61.3 Å². The molecule has 4 heteroatoms. The van der Waals surface area contributed by atoms with Gasteiger partial charge in [0.1, 0.15) is 5.82 Å². The van der Waals surface area contributed by atoms with Gasteiger partial charge in [-0.3, -0.25) is 0 Å². The summed E-state index contributed by atoms with van der Waals surface area (Å²) in [4.78, 5) is 0. The van der Waals surface area contributed by atoms with Crippen LogP contribution < -0.4 is 5.32 Å². The fourth-order valence-electron chi connectivity index (χ4n) is 2.24. The van der Waals surface area contributed by atoms with Crippen molar-refractivity contribution in [2.24, 2.45) is 0 Å². The Morgan fingerprint density at radius 2 is 1.90 bits per heavy atom. The molecule has 0 aliphatic carbocycles. The molecule has 20 heavy (non-hydrogen) atoms. The molecular weight excluding hydrogens is 385 g/mol. The van der Waals surface area contributed by atoms with Gasteiger partial charge < -0.3 is 5.32 Å². The third-order valence-corrected chi connectivity index (χ3v) is 4.64. The third-order valence-electron chi connectivity index (χ3n) is 3.29. The average molecular weight is 401 g/mol. The topological polar surface area (TPSA) is 12.0 Å². The maximum atomic E-state index is 13.4. The van der Waals surface area contributed by atoms with E-state index >= 15 is 0 Å². The summed E-state index contributed by atoms with van der Waals surface area (Å²) in [6.07, 6.45) is 0.744. The molecule has 2 rings (SSSR count). The van der Waals surface area contributed by atoms with Crippen LogP contribution in [0.3, 0.4) is 0 Å². The minimum absolute atomic E-state index is 0.162. The number of likely N-dealkylation sites (N-methyl/N-ethyl adjacent to an activating group) is 1. The Bertz CT molecular complexity index is 593. The fraction of sp³-hybridized carbons (Fsp3) is 0.250. The highest BCUT2D eigenvalue weighted by atomic mass is 79.9. The van der Waals surface area contributed by atoms with Crippen LogP contribution in [0.4, 0.5) is 4.39 Å². The normalized spacial score (nSPS) is 12.4. The van der Waals surface area contributed by atoms with Crippen molar-refractivity contribution in [1.29, 1.82) is 0 Å². The van der Waals surface area contributed by atoms with E-state index in [1.807, 2.05) is 13.1 Å². The Kier molecular flexibility index (Phi) is 5.35. The molecule has 0 fully saturated rings. The first-order chi connectivity index (χ1) is 9.49. The molecule has 0 saturated heterocycles. The first kappa shape index (κ1) is 15.7. The zero-order valence-electron chi connectivity index (χ0n) is 11.4. The van der Waals surface area contributed by atoms with E-state index in [2.05, 4.69) is 62.3 Å². The predicted octanol–water partition coefficient (Wildman–Crippen LogP) is 5.16. The molecule has 2 aromatic rings. The highest BCUT2D eigenvalue weighted by Gasteiger charge is 2.12. The Hall–Kier alpha value is -0.710. The molecule has 0 radical (unpaired) electrons. The van der Waals surface area contributed by atoms with E-state index < -0.39 is 0 Å². The molecule has 0 aliphatic heterocycles. The summed E-state index contributed by atoms with van der Waals surface area (Å²) in [5.41, 5.74) is 3.37. The number of aryl methyl sites for hydroxylation is 1. The second-order valence-corrected chi connectivity index (χ2v) is 6.60. The summed E-state index contributed by atoms with van der Waals surface area (Å²) in [6, 6.07) is 11.5. The predicted molar refractivity (Wildman–Crippen MR) is 88.5 cm³/mol. The van der Waals surface area contributed by atoms with Crippen LogP contribution in [0, 0.1) is 12.7 Å². The molecule has 106 valence electrons. The molecule has 0 aliphatic rings. The Morgan fingerprint density at radius 1 is 1.15 bits per heavy atom. The number of hydrogen-bond acceptors (Lipinski definition) is 1. The van der Waals surface area contributed by atoms with Gasteiger partial charge in [0, 0.05) is 15.0 Å². The van der Waals surface area contributed by atoms with Crippen molar-refractivity contribution in [2.45, 2.75) is 19.4 Å². The molecule has 0 bridgehead atoms. The van der Waals surface area contributed by atoms with E-state index in [0.29, 0.717) is 0 Å². The second kappa shape index (κ2) is 6.83. The molecule has 0 aromatic heterocycles. The average Bonchev–Trinajstić information content (AvgIpc) is 2.38. The quantitative estimate of drug-likeness (QED) is 0.747. The zero-order valence-corrected chi connectivity index (χ0v) is 14.6. The van der Waals surface area contributed by atoms with E-state index in [4.69, 9.17) is 0 Å². The van der Waals surface area contributed by atoms with Crippen LogP contribution in [0.5, 0.6) is 0 Å².